The van der Waals surface area contributed by atoms with Gasteiger partial charge in [0.15, 0.2) is 5.82 Å². The Morgan fingerprint density at radius 2 is 1.81 bits per heavy atom. The number of hydrogen-bond donors (Lipinski definition) is 0. The highest BCUT2D eigenvalue weighted by Crippen LogP contribution is 2.18. The van der Waals surface area contributed by atoms with Gasteiger partial charge in [-0.25, -0.2) is 15.0 Å². The second-order valence-electron chi connectivity index (χ2n) is 4.70. The van der Waals surface area contributed by atoms with Crippen LogP contribution in [-0.2, 0) is 6.61 Å². The second kappa shape index (κ2) is 6.01. The Hall–Kier alpha value is -2.27. The summed E-state index contributed by atoms with van der Waals surface area (Å²) in [6.07, 6.45) is 0. The number of nitrogens with zero attached hydrogens (tertiary/aromatic N) is 3. The van der Waals surface area contributed by atoms with Crippen LogP contribution in [0.1, 0.15) is 16.3 Å². The highest BCUT2D eigenvalue weighted by Gasteiger charge is 2.06. The van der Waals surface area contributed by atoms with Crippen molar-refractivity contribution < 1.29 is 4.74 Å². The smallest absolute Gasteiger partial charge is 0.214 e. The summed E-state index contributed by atoms with van der Waals surface area (Å²) >= 11 is 1.67. The lowest BCUT2D eigenvalue weighted by molar-refractivity contribution is 0.297. The molecule has 3 rings (SSSR count). The quantitative estimate of drug-likeness (QED) is 0.735. The monoisotopic (exact) mass is 297 g/mol. The molecule has 0 atom stereocenters. The van der Waals surface area contributed by atoms with Crippen molar-refractivity contribution in [2.45, 2.75) is 20.5 Å². The molecule has 3 aromatic rings. The van der Waals surface area contributed by atoms with Gasteiger partial charge in [0.1, 0.15) is 12.3 Å². The molecule has 0 spiro atoms. The van der Waals surface area contributed by atoms with E-state index in [1.165, 1.54) is 4.88 Å². The lowest BCUT2D eigenvalue weighted by Crippen LogP contribution is -1.99. The molecule has 0 aromatic carbocycles. The van der Waals surface area contributed by atoms with Gasteiger partial charge in [0.05, 0.1) is 0 Å². The van der Waals surface area contributed by atoms with Crippen LogP contribution >= 0.6 is 11.3 Å². The van der Waals surface area contributed by atoms with Gasteiger partial charge < -0.3 is 4.74 Å². The van der Waals surface area contributed by atoms with Crippen molar-refractivity contribution in [1.82, 2.24) is 15.0 Å². The Morgan fingerprint density at radius 1 is 1.00 bits per heavy atom. The van der Waals surface area contributed by atoms with E-state index in [-0.39, 0.29) is 0 Å². The average molecular weight is 297 g/mol. The molecule has 0 N–H and O–H groups in total. The molecule has 3 heterocycles. The van der Waals surface area contributed by atoms with E-state index >= 15 is 0 Å². The molecule has 3 aromatic heterocycles. The van der Waals surface area contributed by atoms with Gasteiger partial charge in [-0.05, 0) is 37.4 Å². The van der Waals surface area contributed by atoms with E-state index < -0.39 is 0 Å². The molecule has 0 radical (unpaired) electrons. The van der Waals surface area contributed by atoms with Crippen LogP contribution in [0.5, 0.6) is 5.88 Å². The van der Waals surface area contributed by atoms with Crippen molar-refractivity contribution >= 4 is 11.3 Å². The Morgan fingerprint density at radius 3 is 2.52 bits per heavy atom. The molecule has 0 saturated heterocycles. The number of pyridine rings is 1. The molecular weight excluding hydrogens is 282 g/mol. The molecular formula is C16H15N3OS. The molecule has 0 fully saturated rings. The predicted molar refractivity (Wildman–Crippen MR) is 83.4 cm³/mol. The fourth-order valence-electron chi connectivity index (χ4n) is 2.00. The van der Waals surface area contributed by atoms with E-state index in [2.05, 4.69) is 15.0 Å². The highest BCUT2D eigenvalue weighted by atomic mass is 32.1. The number of ether oxygens (including phenoxy) is 1. The molecule has 106 valence electrons. The van der Waals surface area contributed by atoms with Gasteiger partial charge in [0.25, 0.3) is 0 Å². The molecule has 5 heteroatoms. The Kier molecular flexibility index (Phi) is 3.92. The maximum Gasteiger partial charge on any atom is 0.214 e. The topological polar surface area (TPSA) is 47.9 Å². The molecule has 0 aliphatic heterocycles. The number of hydrogen-bond acceptors (Lipinski definition) is 5. The van der Waals surface area contributed by atoms with E-state index in [4.69, 9.17) is 4.74 Å². The zero-order valence-corrected chi connectivity index (χ0v) is 12.7. The minimum atomic E-state index is 0.530. The van der Waals surface area contributed by atoms with Gasteiger partial charge in [-0.2, -0.15) is 0 Å². The van der Waals surface area contributed by atoms with Gasteiger partial charge >= 0.3 is 0 Å². The highest BCUT2D eigenvalue weighted by molar-refractivity contribution is 7.09. The summed E-state index contributed by atoms with van der Waals surface area (Å²) in [5, 5.41) is 2.03. The van der Waals surface area contributed by atoms with Crippen molar-refractivity contribution in [3.63, 3.8) is 0 Å². The minimum Gasteiger partial charge on any atom is -0.472 e. The first kappa shape index (κ1) is 13.7. The van der Waals surface area contributed by atoms with Crippen molar-refractivity contribution in [1.29, 1.82) is 0 Å². The van der Waals surface area contributed by atoms with Crippen LogP contribution in [0.4, 0.5) is 0 Å². The third-order valence-electron chi connectivity index (χ3n) is 2.88. The molecule has 0 bridgehead atoms. The molecule has 4 nitrogen and oxygen atoms in total. The van der Waals surface area contributed by atoms with Crippen LogP contribution in [0.3, 0.4) is 0 Å². The summed E-state index contributed by atoms with van der Waals surface area (Å²) in [6, 6.07) is 11.7. The maximum atomic E-state index is 5.72. The predicted octanol–water partition coefficient (Wildman–Crippen LogP) is 3.80. The summed E-state index contributed by atoms with van der Waals surface area (Å²) in [5.41, 5.74) is 2.60. The van der Waals surface area contributed by atoms with Crippen LogP contribution in [0.2, 0.25) is 0 Å². The third kappa shape index (κ3) is 3.44. The first-order chi connectivity index (χ1) is 10.2. The second-order valence-corrected chi connectivity index (χ2v) is 5.74. The summed E-state index contributed by atoms with van der Waals surface area (Å²) < 4.78 is 5.72. The van der Waals surface area contributed by atoms with Crippen molar-refractivity contribution in [2.75, 3.05) is 0 Å². The maximum absolute atomic E-state index is 5.72. The molecule has 0 aliphatic rings. The van der Waals surface area contributed by atoms with Crippen molar-refractivity contribution in [2.24, 2.45) is 0 Å². The van der Waals surface area contributed by atoms with Crippen LogP contribution in [0, 0.1) is 13.8 Å². The fourth-order valence-corrected chi connectivity index (χ4v) is 2.62. The number of thiophene rings is 1. The molecule has 0 unspecified atom stereocenters. The lowest BCUT2D eigenvalue weighted by Gasteiger charge is -2.06. The largest absolute Gasteiger partial charge is 0.472 e. The molecule has 0 aliphatic carbocycles. The number of aromatic nitrogens is 3. The first-order valence-electron chi connectivity index (χ1n) is 6.65. The van der Waals surface area contributed by atoms with Crippen LogP contribution in [0.15, 0.2) is 41.8 Å². The Labute approximate surface area is 127 Å². The zero-order valence-electron chi connectivity index (χ0n) is 11.9. The van der Waals surface area contributed by atoms with Gasteiger partial charge in [0.2, 0.25) is 5.88 Å². The average Bonchev–Trinajstić information content (AvgIpc) is 2.98. The molecule has 21 heavy (non-hydrogen) atoms. The minimum absolute atomic E-state index is 0.530. The third-order valence-corrected chi connectivity index (χ3v) is 3.73. The standard InChI is InChI=1S/C16H15N3OS/c1-11-9-12(2)18-16(17-11)14-6-3-7-15(19-14)20-10-13-5-4-8-21-13/h3-9H,10H2,1-2H3. The van der Waals surface area contributed by atoms with Gasteiger partial charge in [0, 0.05) is 22.3 Å². The lowest BCUT2D eigenvalue weighted by atomic mass is 10.3. The van der Waals surface area contributed by atoms with E-state index in [9.17, 15) is 0 Å². The van der Waals surface area contributed by atoms with E-state index in [0.717, 1.165) is 17.1 Å². The summed E-state index contributed by atoms with van der Waals surface area (Å²) in [7, 11) is 0. The normalized spacial score (nSPS) is 10.6. The molecule has 0 amide bonds. The molecule has 0 saturated carbocycles. The van der Waals surface area contributed by atoms with Crippen LogP contribution < -0.4 is 4.74 Å². The van der Waals surface area contributed by atoms with Crippen LogP contribution in [-0.4, -0.2) is 15.0 Å². The first-order valence-corrected chi connectivity index (χ1v) is 7.53. The summed E-state index contributed by atoms with van der Waals surface area (Å²) in [5.74, 6) is 1.22. The van der Waals surface area contributed by atoms with Gasteiger partial charge in [-0.15, -0.1) is 11.3 Å². The van der Waals surface area contributed by atoms with Crippen LogP contribution in [0.25, 0.3) is 11.5 Å². The van der Waals surface area contributed by atoms with E-state index in [0.29, 0.717) is 18.3 Å². The number of rotatable bonds is 4. The SMILES string of the molecule is Cc1cc(C)nc(-c2cccc(OCc3cccs3)n2)n1. The Balaban J connectivity index is 1.82. The van der Waals surface area contributed by atoms with Crippen molar-refractivity contribution in [3.05, 3.63) is 58.0 Å². The number of aryl methyl sites for hydroxylation is 2. The summed E-state index contributed by atoms with van der Waals surface area (Å²) in [6.45, 7) is 4.44. The van der Waals surface area contributed by atoms with E-state index in [1.807, 2.05) is 55.6 Å². The van der Waals surface area contributed by atoms with Crippen molar-refractivity contribution in [3.8, 4) is 17.4 Å². The fraction of sp³-hybridized carbons (Fsp3) is 0.188. The zero-order chi connectivity index (χ0) is 14.7. The van der Waals surface area contributed by atoms with E-state index in [1.54, 1.807) is 11.3 Å². The van der Waals surface area contributed by atoms with Gasteiger partial charge in [-0.1, -0.05) is 12.1 Å². The van der Waals surface area contributed by atoms with Gasteiger partial charge in [-0.3, -0.25) is 0 Å². The summed E-state index contributed by atoms with van der Waals surface area (Å²) in [4.78, 5) is 14.5. The Bertz CT molecular complexity index is 721.